The number of aromatic nitrogens is 2. The average molecular weight is 272 g/mol. The molecule has 2 heterocycles. The highest BCUT2D eigenvalue weighted by atomic mass is 16.3. The minimum Gasteiger partial charge on any atom is -0.448 e. The molecule has 0 aromatic carbocycles. The fraction of sp³-hybridized carbons (Fsp3) is 0.529. The second-order valence-electron chi connectivity index (χ2n) is 6.46. The molecule has 0 atom stereocenters. The minimum absolute atomic E-state index is 0.0978. The maximum absolute atomic E-state index is 5.55. The zero-order chi connectivity index (χ0) is 14.9. The molecule has 0 fully saturated rings. The molecular formula is C17H24N2O. The van der Waals surface area contributed by atoms with Crippen molar-refractivity contribution in [3.63, 3.8) is 0 Å². The standard InChI is InChI=1S/C17H24N2O/c1-11(2)15-8-7-14(19-12(15)3)9-17(5,6)16-13(4)18-10-20-16/h7-8,10-11H,9H2,1-6H3. The van der Waals surface area contributed by atoms with Crippen molar-refractivity contribution in [3.05, 3.63) is 46.9 Å². The molecule has 2 rings (SSSR count). The normalized spacial score (nSPS) is 12.2. The van der Waals surface area contributed by atoms with Crippen molar-refractivity contribution in [2.75, 3.05) is 0 Å². The predicted molar refractivity (Wildman–Crippen MR) is 81.0 cm³/mol. The summed E-state index contributed by atoms with van der Waals surface area (Å²) < 4.78 is 5.55. The molecule has 0 spiro atoms. The van der Waals surface area contributed by atoms with E-state index < -0.39 is 0 Å². The van der Waals surface area contributed by atoms with Gasteiger partial charge in [-0.15, -0.1) is 0 Å². The average Bonchev–Trinajstić information content (AvgIpc) is 2.75. The summed E-state index contributed by atoms with van der Waals surface area (Å²) in [4.78, 5) is 8.95. The largest absolute Gasteiger partial charge is 0.448 e. The van der Waals surface area contributed by atoms with E-state index in [0.717, 1.165) is 29.3 Å². The van der Waals surface area contributed by atoms with Crippen LogP contribution >= 0.6 is 0 Å². The molecule has 0 saturated heterocycles. The molecule has 0 radical (unpaired) electrons. The highest BCUT2D eigenvalue weighted by Crippen LogP contribution is 2.30. The Hall–Kier alpha value is -1.64. The fourth-order valence-electron chi connectivity index (χ4n) is 2.82. The van der Waals surface area contributed by atoms with Crippen molar-refractivity contribution in [2.24, 2.45) is 0 Å². The van der Waals surface area contributed by atoms with Crippen LogP contribution in [-0.2, 0) is 11.8 Å². The molecule has 3 heteroatoms. The molecular weight excluding hydrogens is 248 g/mol. The zero-order valence-corrected chi connectivity index (χ0v) is 13.3. The third kappa shape index (κ3) is 2.92. The van der Waals surface area contributed by atoms with Gasteiger partial charge >= 0.3 is 0 Å². The van der Waals surface area contributed by atoms with Crippen LogP contribution in [0.5, 0.6) is 0 Å². The van der Waals surface area contributed by atoms with Crippen molar-refractivity contribution in [2.45, 2.75) is 59.3 Å². The minimum atomic E-state index is -0.0978. The van der Waals surface area contributed by atoms with Gasteiger partial charge in [-0.25, -0.2) is 4.98 Å². The number of hydrogen-bond acceptors (Lipinski definition) is 3. The molecule has 0 aliphatic heterocycles. The molecule has 0 saturated carbocycles. The fourth-order valence-corrected chi connectivity index (χ4v) is 2.82. The summed E-state index contributed by atoms with van der Waals surface area (Å²) in [7, 11) is 0. The summed E-state index contributed by atoms with van der Waals surface area (Å²) in [5.74, 6) is 1.46. The Labute approximate surface area is 121 Å². The monoisotopic (exact) mass is 272 g/mol. The summed E-state index contributed by atoms with van der Waals surface area (Å²) in [6.45, 7) is 12.8. The van der Waals surface area contributed by atoms with Crippen LogP contribution in [0, 0.1) is 13.8 Å². The molecule has 0 aliphatic carbocycles. The lowest BCUT2D eigenvalue weighted by Crippen LogP contribution is -2.22. The SMILES string of the molecule is Cc1nc(CC(C)(C)c2ocnc2C)ccc1C(C)C. The Balaban J connectivity index is 2.26. The number of pyridine rings is 1. The van der Waals surface area contributed by atoms with Crippen LogP contribution in [0.1, 0.15) is 62.0 Å². The molecule has 0 N–H and O–H groups in total. The Morgan fingerprint density at radius 3 is 2.35 bits per heavy atom. The van der Waals surface area contributed by atoms with Gasteiger partial charge in [-0.1, -0.05) is 33.8 Å². The number of rotatable bonds is 4. The Morgan fingerprint density at radius 2 is 1.85 bits per heavy atom. The van der Waals surface area contributed by atoms with Gasteiger partial charge in [0.1, 0.15) is 5.76 Å². The summed E-state index contributed by atoms with van der Waals surface area (Å²) in [6, 6.07) is 4.33. The first-order chi connectivity index (χ1) is 9.31. The van der Waals surface area contributed by atoms with Crippen LogP contribution in [0.4, 0.5) is 0 Å². The van der Waals surface area contributed by atoms with Crippen LogP contribution in [-0.4, -0.2) is 9.97 Å². The maximum Gasteiger partial charge on any atom is 0.181 e. The van der Waals surface area contributed by atoms with E-state index in [1.54, 1.807) is 0 Å². The zero-order valence-electron chi connectivity index (χ0n) is 13.3. The second kappa shape index (κ2) is 5.39. The second-order valence-corrected chi connectivity index (χ2v) is 6.46. The van der Waals surface area contributed by atoms with Crippen molar-refractivity contribution in [1.82, 2.24) is 9.97 Å². The molecule has 20 heavy (non-hydrogen) atoms. The number of aryl methyl sites for hydroxylation is 2. The van der Waals surface area contributed by atoms with E-state index in [2.05, 4.69) is 51.7 Å². The third-order valence-electron chi connectivity index (χ3n) is 3.79. The molecule has 3 nitrogen and oxygen atoms in total. The quantitative estimate of drug-likeness (QED) is 0.831. The van der Waals surface area contributed by atoms with Crippen molar-refractivity contribution < 1.29 is 4.42 Å². The first-order valence-electron chi connectivity index (χ1n) is 7.18. The smallest absolute Gasteiger partial charge is 0.181 e. The lowest BCUT2D eigenvalue weighted by Gasteiger charge is -2.22. The van der Waals surface area contributed by atoms with E-state index in [1.165, 1.54) is 12.0 Å². The molecule has 0 aliphatic rings. The van der Waals surface area contributed by atoms with Crippen LogP contribution in [0.25, 0.3) is 0 Å². The topological polar surface area (TPSA) is 38.9 Å². The van der Waals surface area contributed by atoms with Gasteiger partial charge in [0.2, 0.25) is 0 Å². The highest BCUT2D eigenvalue weighted by Gasteiger charge is 2.27. The lowest BCUT2D eigenvalue weighted by atomic mass is 9.84. The molecule has 2 aromatic rings. The highest BCUT2D eigenvalue weighted by molar-refractivity contribution is 5.27. The van der Waals surface area contributed by atoms with E-state index in [9.17, 15) is 0 Å². The Bertz CT molecular complexity index is 597. The maximum atomic E-state index is 5.55. The van der Waals surface area contributed by atoms with E-state index in [4.69, 9.17) is 9.40 Å². The lowest BCUT2D eigenvalue weighted by molar-refractivity contribution is 0.376. The summed E-state index contributed by atoms with van der Waals surface area (Å²) in [5.41, 5.74) is 4.42. The first kappa shape index (κ1) is 14.8. The predicted octanol–water partition coefficient (Wildman–Crippen LogP) is 4.33. The van der Waals surface area contributed by atoms with Gasteiger partial charge in [-0.05, 0) is 31.4 Å². The molecule has 0 unspecified atom stereocenters. The summed E-state index contributed by atoms with van der Waals surface area (Å²) in [6.07, 6.45) is 2.37. The summed E-state index contributed by atoms with van der Waals surface area (Å²) >= 11 is 0. The van der Waals surface area contributed by atoms with Crippen molar-refractivity contribution in [1.29, 1.82) is 0 Å². The van der Waals surface area contributed by atoms with Gasteiger partial charge < -0.3 is 4.42 Å². The van der Waals surface area contributed by atoms with E-state index in [1.807, 2.05) is 6.92 Å². The number of oxazole rings is 1. The first-order valence-corrected chi connectivity index (χ1v) is 7.18. The van der Waals surface area contributed by atoms with Gasteiger partial charge in [0, 0.05) is 23.2 Å². The van der Waals surface area contributed by atoms with Crippen LogP contribution in [0.15, 0.2) is 22.9 Å². The number of hydrogen-bond donors (Lipinski definition) is 0. The third-order valence-corrected chi connectivity index (χ3v) is 3.79. The van der Waals surface area contributed by atoms with Crippen LogP contribution in [0.3, 0.4) is 0 Å². The van der Waals surface area contributed by atoms with Gasteiger partial charge in [-0.2, -0.15) is 0 Å². The molecule has 0 amide bonds. The van der Waals surface area contributed by atoms with Crippen molar-refractivity contribution in [3.8, 4) is 0 Å². The molecule has 108 valence electrons. The van der Waals surface area contributed by atoms with E-state index >= 15 is 0 Å². The molecule has 2 aromatic heterocycles. The molecule has 0 bridgehead atoms. The van der Waals surface area contributed by atoms with Gasteiger partial charge in [-0.3, -0.25) is 4.98 Å². The Kier molecular flexibility index (Phi) is 3.98. The van der Waals surface area contributed by atoms with Crippen LogP contribution < -0.4 is 0 Å². The van der Waals surface area contributed by atoms with Gasteiger partial charge in [0.15, 0.2) is 6.39 Å². The summed E-state index contributed by atoms with van der Waals surface area (Å²) in [5, 5.41) is 0. The van der Waals surface area contributed by atoms with Gasteiger partial charge in [0.25, 0.3) is 0 Å². The number of nitrogens with zero attached hydrogens (tertiary/aromatic N) is 2. The van der Waals surface area contributed by atoms with E-state index in [0.29, 0.717) is 5.92 Å². The van der Waals surface area contributed by atoms with Crippen LogP contribution in [0.2, 0.25) is 0 Å². The van der Waals surface area contributed by atoms with Crippen molar-refractivity contribution >= 4 is 0 Å². The van der Waals surface area contributed by atoms with Gasteiger partial charge in [0.05, 0.1) is 5.69 Å². The van der Waals surface area contributed by atoms with E-state index in [-0.39, 0.29) is 5.41 Å². The Morgan fingerprint density at radius 1 is 1.15 bits per heavy atom.